The molecule has 1 aromatic rings. The van der Waals surface area contributed by atoms with E-state index in [1.54, 1.807) is 0 Å². The summed E-state index contributed by atoms with van der Waals surface area (Å²) in [6.45, 7) is 2.60. The molecule has 2 aliphatic heterocycles. The highest BCUT2D eigenvalue weighted by molar-refractivity contribution is 6.21. The molecule has 2 saturated heterocycles. The van der Waals surface area contributed by atoms with Gasteiger partial charge in [-0.3, -0.25) is 9.59 Å². The summed E-state index contributed by atoms with van der Waals surface area (Å²) in [6, 6.07) is 5.20. The molecule has 3 rings (SSSR count). The standard InChI is InChI=1S/C15H16N2O5/c18-13-9-12(16-5-7-22-8-6-16)14(19)17(13)11-3-1-10(2-4-11)15(20)21/h1-4,12H,5-9H2,(H,20,21). The summed E-state index contributed by atoms with van der Waals surface area (Å²) in [4.78, 5) is 37.7. The van der Waals surface area contributed by atoms with Crippen LogP contribution in [0.15, 0.2) is 24.3 Å². The fourth-order valence-corrected chi connectivity index (χ4v) is 2.95. The Hall–Kier alpha value is -2.25. The lowest BCUT2D eigenvalue weighted by atomic mass is 10.2. The Kier molecular flexibility index (Phi) is 3.91. The van der Waals surface area contributed by atoms with Gasteiger partial charge in [0.2, 0.25) is 5.91 Å². The van der Waals surface area contributed by atoms with Gasteiger partial charge in [0, 0.05) is 0 Å². The molecular weight excluding hydrogens is 288 g/mol. The van der Waals surface area contributed by atoms with Crippen LogP contribution in [-0.4, -0.2) is 50.1 Å². The Morgan fingerprint density at radius 2 is 1.82 bits per heavy atom. The molecule has 116 valence electrons. The fourth-order valence-electron chi connectivity index (χ4n) is 2.95. The van der Waals surface area contributed by atoms with Gasteiger partial charge in [-0.05, 0) is 17.7 Å². The van der Waals surface area contributed by atoms with Crippen molar-refractivity contribution in [3.8, 4) is 0 Å². The first kappa shape index (κ1) is 14.7. The lowest BCUT2D eigenvalue weighted by Crippen LogP contribution is -3.18. The van der Waals surface area contributed by atoms with Gasteiger partial charge in [-0.1, -0.05) is 12.1 Å². The third-order valence-corrected chi connectivity index (χ3v) is 4.14. The van der Waals surface area contributed by atoms with Crippen molar-refractivity contribution in [1.29, 1.82) is 0 Å². The van der Waals surface area contributed by atoms with Gasteiger partial charge in [-0.2, -0.15) is 0 Å². The number of carbonyl (C=O) groups excluding carboxylic acids is 3. The molecule has 0 bridgehead atoms. The Labute approximate surface area is 127 Å². The number of hydrogen-bond acceptors (Lipinski definition) is 5. The van der Waals surface area contributed by atoms with Gasteiger partial charge in [0.25, 0.3) is 5.91 Å². The first-order valence-electron chi connectivity index (χ1n) is 7.18. The third kappa shape index (κ3) is 2.60. The minimum atomic E-state index is -1.29. The Bertz CT molecular complexity index is 607. The summed E-state index contributed by atoms with van der Waals surface area (Å²) < 4.78 is 5.28. The summed E-state index contributed by atoms with van der Waals surface area (Å²) in [5, 5.41) is 10.7. The van der Waals surface area contributed by atoms with Crippen molar-refractivity contribution in [2.45, 2.75) is 12.5 Å². The molecule has 1 atom stereocenters. The van der Waals surface area contributed by atoms with Gasteiger partial charge >= 0.3 is 0 Å². The Balaban J connectivity index is 1.80. The van der Waals surface area contributed by atoms with E-state index >= 15 is 0 Å². The normalized spacial score (nSPS) is 23.1. The van der Waals surface area contributed by atoms with Crippen LogP contribution in [0.1, 0.15) is 16.8 Å². The smallest absolute Gasteiger partial charge is 0.292 e. The second-order valence-corrected chi connectivity index (χ2v) is 5.43. The van der Waals surface area contributed by atoms with Crippen LogP contribution in [-0.2, 0) is 14.3 Å². The molecule has 1 aromatic carbocycles. The van der Waals surface area contributed by atoms with E-state index in [1.165, 1.54) is 24.3 Å². The topological polar surface area (TPSA) is 91.2 Å². The number of benzene rings is 1. The zero-order valence-electron chi connectivity index (χ0n) is 11.9. The van der Waals surface area contributed by atoms with Crippen molar-refractivity contribution in [3.05, 3.63) is 29.8 Å². The second kappa shape index (κ2) is 5.86. The molecule has 0 aromatic heterocycles. The molecule has 0 saturated carbocycles. The average molecular weight is 304 g/mol. The number of morpholine rings is 1. The highest BCUT2D eigenvalue weighted by atomic mass is 16.5. The number of rotatable bonds is 3. The summed E-state index contributed by atoms with van der Waals surface area (Å²) in [5.41, 5.74) is 0.411. The Morgan fingerprint density at radius 1 is 1.18 bits per heavy atom. The lowest BCUT2D eigenvalue weighted by Gasteiger charge is -2.27. The van der Waals surface area contributed by atoms with Crippen molar-refractivity contribution < 1.29 is 29.1 Å². The molecule has 0 aliphatic carbocycles. The van der Waals surface area contributed by atoms with E-state index < -0.39 is 5.97 Å². The van der Waals surface area contributed by atoms with E-state index in [0.717, 1.165) is 9.80 Å². The van der Waals surface area contributed by atoms with Crippen molar-refractivity contribution in [3.63, 3.8) is 0 Å². The number of carbonyl (C=O) groups is 3. The van der Waals surface area contributed by atoms with Crippen molar-refractivity contribution in [1.82, 2.24) is 0 Å². The van der Waals surface area contributed by atoms with Crippen LogP contribution in [0.3, 0.4) is 0 Å². The molecule has 0 spiro atoms. The summed E-state index contributed by atoms with van der Waals surface area (Å²) in [5.74, 6) is -1.78. The van der Waals surface area contributed by atoms with Crippen LogP contribution in [0.2, 0.25) is 0 Å². The van der Waals surface area contributed by atoms with Gasteiger partial charge in [0.15, 0.2) is 6.04 Å². The second-order valence-electron chi connectivity index (χ2n) is 5.43. The summed E-state index contributed by atoms with van der Waals surface area (Å²) >= 11 is 0. The SMILES string of the molecule is O=C([O-])c1ccc(N2C(=O)CC([NH+]3CCOCC3)C2=O)cc1. The minimum absolute atomic E-state index is 0.0122. The van der Waals surface area contributed by atoms with Gasteiger partial charge in [0.05, 0.1) is 31.3 Å². The molecule has 2 aliphatic rings. The number of ether oxygens (including phenoxy) is 1. The molecule has 22 heavy (non-hydrogen) atoms. The number of carboxylic acid groups (broad SMARTS) is 1. The maximum absolute atomic E-state index is 12.5. The molecule has 1 N–H and O–H groups in total. The lowest BCUT2D eigenvalue weighted by molar-refractivity contribution is -0.922. The molecule has 2 fully saturated rings. The van der Waals surface area contributed by atoms with Gasteiger partial charge in [0.1, 0.15) is 13.1 Å². The number of nitrogens with one attached hydrogen (secondary N) is 1. The molecule has 2 amide bonds. The summed E-state index contributed by atoms with van der Waals surface area (Å²) in [7, 11) is 0. The largest absolute Gasteiger partial charge is 0.545 e. The van der Waals surface area contributed by atoms with E-state index in [4.69, 9.17) is 4.74 Å². The highest BCUT2D eigenvalue weighted by Gasteiger charge is 2.45. The van der Waals surface area contributed by atoms with Crippen LogP contribution < -0.4 is 14.9 Å². The number of quaternary nitrogens is 1. The number of carboxylic acids is 1. The monoisotopic (exact) mass is 304 g/mol. The number of anilines is 1. The van der Waals surface area contributed by atoms with Crippen molar-refractivity contribution >= 4 is 23.5 Å². The zero-order valence-corrected chi connectivity index (χ0v) is 11.9. The van der Waals surface area contributed by atoms with E-state index in [0.29, 0.717) is 32.0 Å². The van der Waals surface area contributed by atoms with Crippen LogP contribution in [0, 0.1) is 0 Å². The van der Waals surface area contributed by atoms with E-state index in [1.807, 2.05) is 0 Å². The number of imide groups is 1. The number of nitrogens with zero attached hydrogens (tertiary/aromatic N) is 1. The molecule has 7 nitrogen and oxygen atoms in total. The maximum Gasteiger partial charge on any atom is 0.292 e. The first-order valence-corrected chi connectivity index (χ1v) is 7.18. The molecular formula is C15H16N2O5. The van der Waals surface area contributed by atoms with Crippen LogP contribution in [0.4, 0.5) is 5.69 Å². The van der Waals surface area contributed by atoms with Crippen LogP contribution in [0.5, 0.6) is 0 Å². The zero-order chi connectivity index (χ0) is 15.7. The average Bonchev–Trinajstić information content (AvgIpc) is 2.83. The molecule has 7 heteroatoms. The quantitative estimate of drug-likeness (QED) is 0.629. The summed E-state index contributed by atoms with van der Waals surface area (Å²) in [6.07, 6.45) is 0.177. The predicted molar refractivity (Wildman–Crippen MR) is 73.2 cm³/mol. The van der Waals surface area contributed by atoms with Gasteiger partial charge in [-0.25, -0.2) is 4.90 Å². The van der Waals surface area contributed by atoms with Gasteiger partial charge in [-0.15, -0.1) is 0 Å². The Morgan fingerprint density at radius 3 is 2.41 bits per heavy atom. The predicted octanol–water partition coefficient (Wildman–Crippen LogP) is -2.40. The van der Waals surface area contributed by atoms with E-state index in [-0.39, 0.29) is 29.8 Å². The number of aromatic carboxylic acids is 1. The molecule has 2 heterocycles. The maximum atomic E-state index is 12.5. The minimum Gasteiger partial charge on any atom is -0.545 e. The molecule has 1 unspecified atom stereocenters. The fraction of sp³-hybridized carbons (Fsp3) is 0.400. The van der Waals surface area contributed by atoms with Crippen molar-refractivity contribution in [2.75, 3.05) is 31.2 Å². The number of hydrogen-bond donors (Lipinski definition) is 1. The first-order chi connectivity index (χ1) is 10.6. The van der Waals surface area contributed by atoms with Crippen LogP contribution in [0.25, 0.3) is 0 Å². The van der Waals surface area contributed by atoms with Crippen LogP contribution >= 0.6 is 0 Å². The van der Waals surface area contributed by atoms with Crippen molar-refractivity contribution in [2.24, 2.45) is 0 Å². The number of amides is 2. The molecule has 0 radical (unpaired) electrons. The van der Waals surface area contributed by atoms with E-state index in [2.05, 4.69) is 0 Å². The van der Waals surface area contributed by atoms with E-state index in [9.17, 15) is 19.5 Å². The third-order valence-electron chi connectivity index (χ3n) is 4.14. The highest BCUT2D eigenvalue weighted by Crippen LogP contribution is 2.22. The van der Waals surface area contributed by atoms with Gasteiger partial charge < -0.3 is 19.5 Å².